The minimum absolute atomic E-state index is 0. The van der Waals surface area contributed by atoms with Crippen molar-refractivity contribution in [2.75, 3.05) is 13.2 Å². The maximum absolute atomic E-state index is 6.00. The minimum atomic E-state index is -0.478. The van der Waals surface area contributed by atoms with Crippen molar-refractivity contribution in [1.29, 1.82) is 0 Å². The zero-order valence-electron chi connectivity index (χ0n) is 14.5. The Morgan fingerprint density at radius 1 is 1.12 bits per heavy atom. The molecule has 0 bridgehead atoms. The molecule has 0 aromatic heterocycles. The van der Waals surface area contributed by atoms with Crippen LogP contribution in [0, 0.1) is 6.92 Å². The molecule has 0 amide bonds. The molecule has 3 rings (SSSR count). The maximum Gasteiger partial charge on any atom is 0.226 e. The van der Waals surface area contributed by atoms with E-state index in [9.17, 15) is 0 Å². The van der Waals surface area contributed by atoms with Crippen molar-refractivity contribution in [3.05, 3.63) is 29.8 Å². The lowest BCUT2D eigenvalue weighted by molar-refractivity contribution is -0.167. The molecule has 0 unspecified atom stereocenters. The van der Waals surface area contributed by atoms with Gasteiger partial charge in [-0.2, -0.15) is 10.1 Å². The summed E-state index contributed by atoms with van der Waals surface area (Å²) in [6.45, 7) is 3.11. The highest BCUT2D eigenvalue weighted by Gasteiger charge is 2.44. The SMILES string of the molecule is Cc1ccc(OCCCON2C(N)=NC(N)=NC23CCCC3)cc1.Cl. The summed E-state index contributed by atoms with van der Waals surface area (Å²) in [5, 5.41) is 1.64. The van der Waals surface area contributed by atoms with Crippen molar-refractivity contribution in [1.82, 2.24) is 5.06 Å². The minimum Gasteiger partial charge on any atom is -0.494 e. The van der Waals surface area contributed by atoms with E-state index in [0.29, 0.717) is 13.2 Å². The number of benzene rings is 1. The van der Waals surface area contributed by atoms with Crippen molar-refractivity contribution in [3.8, 4) is 5.75 Å². The fourth-order valence-electron chi connectivity index (χ4n) is 3.14. The first-order valence-corrected chi connectivity index (χ1v) is 8.41. The average molecular weight is 368 g/mol. The summed E-state index contributed by atoms with van der Waals surface area (Å²) in [5.41, 5.74) is 12.5. The number of halogens is 1. The predicted molar refractivity (Wildman–Crippen MR) is 101 cm³/mol. The van der Waals surface area contributed by atoms with Gasteiger partial charge in [-0.15, -0.1) is 12.4 Å². The van der Waals surface area contributed by atoms with Gasteiger partial charge in [0.15, 0.2) is 5.66 Å². The molecule has 1 aromatic rings. The van der Waals surface area contributed by atoms with Crippen molar-refractivity contribution < 1.29 is 9.57 Å². The summed E-state index contributed by atoms with van der Waals surface area (Å²) in [6.07, 6.45) is 4.67. The van der Waals surface area contributed by atoms with E-state index in [1.165, 1.54) is 5.56 Å². The maximum atomic E-state index is 6.00. The van der Waals surface area contributed by atoms with E-state index in [1.807, 2.05) is 24.3 Å². The summed E-state index contributed by atoms with van der Waals surface area (Å²) < 4.78 is 5.70. The van der Waals surface area contributed by atoms with Gasteiger partial charge in [-0.25, -0.2) is 4.99 Å². The highest BCUT2D eigenvalue weighted by molar-refractivity contribution is 5.95. The fraction of sp³-hybridized carbons (Fsp3) is 0.529. The largest absolute Gasteiger partial charge is 0.494 e. The number of hydrogen-bond donors (Lipinski definition) is 2. The van der Waals surface area contributed by atoms with Crippen LogP contribution in [0.5, 0.6) is 5.75 Å². The number of hydroxylamine groups is 2. The van der Waals surface area contributed by atoms with Crippen LogP contribution in [0.3, 0.4) is 0 Å². The van der Waals surface area contributed by atoms with Gasteiger partial charge in [0.2, 0.25) is 11.9 Å². The molecular formula is C17H26ClN5O2. The van der Waals surface area contributed by atoms with Crippen LogP contribution in [0.1, 0.15) is 37.7 Å². The number of rotatable bonds is 6. The van der Waals surface area contributed by atoms with Gasteiger partial charge in [-0.1, -0.05) is 17.7 Å². The Balaban J connectivity index is 0.00000225. The van der Waals surface area contributed by atoms with Gasteiger partial charge in [-0.3, -0.25) is 4.84 Å². The first-order valence-electron chi connectivity index (χ1n) is 8.41. The number of nitrogens with two attached hydrogens (primary N) is 2. The molecule has 1 aromatic carbocycles. The van der Waals surface area contributed by atoms with Crippen molar-refractivity contribution in [2.45, 2.75) is 44.7 Å². The first-order chi connectivity index (χ1) is 11.6. The Morgan fingerprint density at radius 2 is 1.80 bits per heavy atom. The van der Waals surface area contributed by atoms with E-state index in [-0.39, 0.29) is 24.3 Å². The van der Waals surface area contributed by atoms with Crippen LogP contribution >= 0.6 is 12.4 Å². The number of nitrogens with zero attached hydrogens (tertiary/aromatic N) is 3. The van der Waals surface area contributed by atoms with Gasteiger partial charge >= 0.3 is 0 Å². The molecule has 25 heavy (non-hydrogen) atoms. The quantitative estimate of drug-likeness (QED) is 0.752. The molecule has 1 saturated carbocycles. The fourth-order valence-corrected chi connectivity index (χ4v) is 3.14. The number of guanidine groups is 2. The molecule has 4 N–H and O–H groups in total. The summed E-state index contributed by atoms with van der Waals surface area (Å²) >= 11 is 0. The molecule has 0 saturated heterocycles. The smallest absolute Gasteiger partial charge is 0.226 e. The van der Waals surface area contributed by atoms with Crippen LogP contribution < -0.4 is 16.2 Å². The zero-order chi connectivity index (χ0) is 17.0. The van der Waals surface area contributed by atoms with Gasteiger partial charge in [0.05, 0.1) is 13.2 Å². The van der Waals surface area contributed by atoms with Crippen LogP contribution in [0.15, 0.2) is 34.3 Å². The molecular weight excluding hydrogens is 342 g/mol. The lowest BCUT2D eigenvalue weighted by atomic mass is 10.1. The van der Waals surface area contributed by atoms with Gasteiger partial charge < -0.3 is 16.2 Å². The molecule has 0 atom stereocenters. The third kappa shape index (κ3) is 4.55. The number of aliphatic imine (C=N–C) groups is 2. The van der Waals surface area contributed by atoms with E-state index in [1.54, 1.807) is 5.06 Å². The monoisotopic (exact) mass is 367 g/mol. The van der Waals surface area contributed by atoms with E-state index < -0.39 is 5.66 Å². The number of ether oxygens (including phenoxy) is 1. The van der Waals surface area contributed by atoms with Gasteiger partial charge in [0.1, 0.15) is 5.75 Å². The molecule has 138 valence electrons. The summed E-state index contributed by atoms with van der Waals surface area (Å²) in [4.78, 5) is 14.4. The highest BCUT2D eigenvalue weighted by Crippen LogP contribution is 2.38. The van der Waals surface area contributed by atoms with Gasteiger partial charge in [0, 0.05) is 6.42 Å². The topological polar surface area (TPSA) is 98.5 Å². The van der Waals surface area contributed by atoms with Crippen LogP contribution in [0.2, 0.25) is 0 Å². The Morgan fingerprint density at radius 3 is 2.48 bits per heavy atom. The lowest BCUT2D eigenvalue weighted by Crippen LogP contribution is -2.55. The summed E-state index contributed by atoms with van der Waals surface area (Å²) in [6, 6.07) is 8.00. The molecule has 1 heterocycles. The summed E-state index contributed by atoms with van der Waals surface area (Å²) in [5.74, 6) is 1.38. The second kappa shape index (κ2) is 8.40. The normalized spacial score (nSPS) is 18.5. The number of aryl methyl sites for hydroxylation is 1. The third-order valence-corrected chi connectivity index (χ3v) is 4.34. The van der Waals surface area contributed by atoms with Crippen LogP contribution in [0.4, 0.5) is 0 Å². The lowest BCUT2D eigenvalue weighted by Gasteiger charge is -2.39. The Labute approximate surface area is 154 Å². The molecule has 7 nitrogen and oxygen atoms in total. The predicted octanol–water partition coefficient (Wildman–Crippen LogP) is 2.33. The summed E-state index contributed by atoms with van der Waals surface area (Å²) in [7, 11) is 0. The highest BCUT2D eigenvalue weighted by atomic mass is 35.5. The van der Waals surface area contributed by atoms with E-state index in [2.05, 4.69) is 16.9 Å². The van der Waals surface area contributed by atoms with Crippen LogP contribution in [-0.4, -0.2) is 35.9 Å². The standard InChI is InChI=1S/C17H25N5O2.ClH/c1-13-5-7-14(8-6-13)23-11-4-12-24-22-16(19)20-15(18)21-17(22)9-2-3-10-17;/h5-8H,2-4,9-12H2,1H3,(H4,18,19,20,21);1H. The Kier molecular flexibility index (Phi) is 6.50. The van der Waals surface area contributed by atoms with Crippen molar-refractivity contribution in [2.24, 2.45) is 21.5 Å². The molecule has 1 aliphatic heterocycles. The second-order valence-corrected chi connectivity index (χ2v) is 6.27. The molecule has 1 aliphatic carbocycles. The van der Waals surface area contributed by atoms with Gasteiger partial charge in [-0.05, 0) is 44.7 Å². The number of hydrogen-bond acceptors (Lipinski definition) is 7. The van der Waals surface area contributed by atoms with Crippen molar-refractivity contribution in [3.63, 3.8) is 0 Å². The molecule has 2 aliphatic rings. The van der Waals surface area contributed by atoms with Crippen LogP contribution in [0.25, 0.3) is 0 Å². The first kappa shape index (κ1) is 19.3. The molecule has 8 heteroatoms. The Hall–Kier alpha value is -1.99. The second-order valence-electron chi connectivity index (χ2n) is 6.27. The third-order valence-electron chi connectivity index (χ3n) is 4.34. The van der Waals surface area contributed by atoms with E-state index >= 15 is 0 Å². The zero-order valence-corrected chi connectivity index (χ0v) is 15.3. The molecule has 1 spiro atoms. The molecule has 1 fully saturated rings. The van der Waals surface area contributed by atoms with Crippen LogP contribution in [-0.2, 0) is 4.84 Å². The van der Waals surface area contributed by atoms with Gasteiger partial charge in [0.25, 0.3) is 0 Å². The van der Waals surface area contributed by atoms with E-state index in [4.69, 9.17) is 21.0 Å². The van der Waals surface area contributed by atoms with Crippen molar-refractivity contribution >= 4 is 24.3 Å². The Bertz CT molecular complexity index is 626. The van der Waals surface area contributed by atoms with E-state index in [0.717, 1.165) is 37.9 Å². The average Bonchev–Trinajstić information content (AvgIpc) is 2.99. The molecule has 0 radical (unpaired) electrons.